The van der Waals surface area contributed by atoms with Crippen molar-refractivity contribution in [1.82, 2.24) is 0 Å². The molecule has 0 bridgehead atoms. The molecular formula is C13H14O2. The van der Waals surface area contributed by atoms with Crippen molar-refractivity contribution in [2.24, 2.45) is 5.92 Å². The van der Waals surface area contributed by atoms with Gasteiger partial charge in [0.1, 0.15) is 0 Å². The van der Waals surface area contributed by atoms with Crippen LogP contribution in [0.25, 0.3) is 5.57 Å². The molecule has 0 aromatic heterocycles. The molecule has 2 rings (SSSR count). The number of hydrogen-bond donors (Lipinski definition) is 1. The van der Waals surface area contributed by atoms with Crippen LogP contribution in [0.2, 0.25) is 0 Å². The van der Waals surface area contributed by atoms with Gasteiger partial charge in [0.2, 0.25) is 0 Å². The Morgan fingerprint density at radius 3 is 2.53 bits per heavy atom. The van der Waals surface area contributed by atoms with Gasteiger partial charge in [0, 0.05) is 0 Å². The molecule has 0 saturated heterocycles. The number of carboxylic acids is 1. The minimum absolute atomic E-state index is 0.183. The fourth-order valence-electron chi connectivity index (χ4n) is 1.97. The average Bonchev–Trinajstić information content (AvgIpc) is 2.30. The van der Waals surface area contributed by atoms with Gasteiger partial charge < -0.3 is 5.11 Å². The third kappa shape index (κ3) is 2.27. The van der Waals surface area contributed by atoms with E-state index < -0.39 is 5.97 Å². The maximum atomic E-state index is 10.8. The lowest BCUT2D eigenvalue weighted by Gasteiger charge is -2.18. The molecule has 0 radical (unpaired) electrons. The number of carboxylic acid groups (broad SMARTS) is 1. The standard InChI is InChI=1S/C13H14O2/c14-13(15)12-8-6-11(7-9-12)10-4-2-1-3-5-10/h1-6,12H,7-9H2,(H,14,15)/t12-/m1/s1. The van der Waals surface area contributed by atoms with Gasteiger partial charge in [-0.25, -0.2) is 0 Å². The molecular weight excluding hydrogens is 188 g/mol. The molecule has 0 unspecified atom stereocenters. The molecule has 0 aliphatic heterocycles. The van der Waals surface area contributed by atoms with Crippen molar-refractivity contribution in [2.75, 3.05) is 0 Å². The molecule has 2 heteroatoms. The third-order valence-electron chi connectivity index (χ3n) is 2.90. The smallest absolute Gasteiger partial charge is 0.306 e. The van der Waals surface area contributed by atoms with Crippen LogP contribution in [0.5, 0.6) is 0 Å². The Hall–Kier alpha value is -1.57. The minimum Gasteiger partial charge on any atom is -0.481 e. The van der Waals surface area contributed by atoms with Crippen molar-refractivity contribution in [3.63, 3.8) is 0 Å². The summed E-state index contributed by atoms with van der Waals surface area (Å²) in [5.41, 5.74) is 2.51. The molecule has 1 N–H and O–H groups in total. The molecule has 1 aliphatic rings. The Balaban J connectivity index is 2.12. The van der Waals surface area contributed by atoms with Crippen molar-refractivity contribution in [2.45, 2.75) is 19.3 Å². The Morgan fingerprint density at radius 1 is 1.27 bits per heavy atom. The summed E-state index contributed by atoms with van der Waals surface area (Å²) in [4.78, 5) is 10.8. The molecule has 1 aliphatic carbocycles. The SMILES string of the molecule is O=C(O)[C@@H]1CC=C(c2ccccc2)CC1. The second kappa shape index (κ2) is 4.30. The summed E-state index contributed by atoms with van der Waals surface area (Å²) >= 11 is 0. The Kier molecular flexibility index (Phi) is 2.86. The Bertz CT molecular complexity index is 379. The first-order valence-corrected chi connectivity index (χ1v) is 5.24. The molecule has 0 amide bonds. The lowest BCUT2D eigenvalue weighted by atomic mass is 9.87. The van der Waals surface area contributed by atoms with E-state index in [2.05, 4.69) is 18.2 Å². The van der Waals surface area contributed by atoms with E-state index in [0.29, 0.717) is 6.42 Å². The largest absolute Gasteiger partial charge is 0.481 e. The summed E-state index contributed by atoms with van der Waals surface area (Å²) in [5, 5.41) is 8.87. The topological polar surface area (TPSA) is 37.3 Å². The normalized spacial score (nSPS) is 20.8. The zero-order valence-electron chi connectivity index (χ0n) is 8.52. The summed E-state index contributed by atoms with van der Waals surface area (Å²) in [6.07, 6.45) is 4.37. The molecule has 1 aromatic rings. The predicted molar refractivity (Wildman–Crippen MR) is 59.4 cm³/mol. The highest BCUT2D eigenvalue weighted by molar-refractivity contribution is 5.74. The molecule has 0 saturated carbocycles. The fourth-order valence-corrected chi connectivity index (χ4v) is 1.97. The summed E-state index contributed by atoms with van der Waals surface area (Å²) in [7, 11) is 0. The van der Waals surface area contributed by atoms with E-state index in [9.17, 15) is 4.79 Å². The second-order valence-electron chi connectivity index (χ2n) is 3.90. The highest BCUT2D eigenvalue weighted by Gasteiger charge is 2.20. The van der Waals surface area contributed by atoms with Crippen LogP contribution >= 0.6 is 0 Å². The lowest BCUT2D eigenvalue weighted by Crippen LogP contribution is -2.15. The zero-order valence-corrected chi connectivity index (χ0v) is 8.52. The van der Waals surface area contributed by atoms with Gasteiger partial charge in [-0.15, -0.1) is 0 Å². The van der Waals surface area contributed by atoms with Gasteiger partial charge in [-0.1, -0.05) is 36.4 Å². The summed E-state index contributed by atoms with van der Waals surface area (Å²) in [6.45, 7) is 0. The van der Waals surface area contributed by atoms with E-state index in [0.717, 1.165) is 12.8 Å². The number of aliphatic carboxylic acids is 1. The second-order valence-corrected chi connectivity index (χ2v) is 3.90. The molecule has 15 heavy (non-hydrogen) atoms. The highest BCUT2D eigenvalue weighted by atomic mass is 16.4. The van der Waals surface area contributed by atoms with Crippen molar-refractivity contribution in [3.05, 3.63) is 42.0 Å². The molecule has 0 heterocycles. The van der Waals surface area contributed by atoms with Gasteiger partial charge in [-0.3, -0.25) is 4.79 Å². The van der Waals surface area contributed by atoms with Crippen molar-refractivity contribution in [3.8, 4) is 0 Å². The number of benzene rings is 1. The van der Waals surface area contributed by atoms with E-state index in [1.165, 1.54) is 11.1 Å². The zero-order chi connectivity index (χ0) is 10.7. The van der Waals surface area contributed by atoms with Crippen LogP contribution in [-0.4, -0.2) is 11.1 Å². The first-order chi connectivity index (χ1) is 7.27. The van der Waals surface area contributed by atoms with Crippen molar-refractivity contribution < 1.29 is 9.90 Å². The fraction of sp³-hybridized carbons (Fsp3) is 0.308. The highest BCUT2D eigenvalue weighted by Crippen LogP contribution is 2.29. The number of rotatable bonds is 2. The number of carbonyl (C=O) groups is 1. The van der Waals surface area contributed by atoms with Crippen LogP contribution in [-0.2, 0) is 4.79 Å². The number of allylic oxidation sites excluding steroid dienone is 2. The van der Waals surface area contributed by atoms with Crippen LogP contribution in [0.15, 0.2) is 36.4 Å². The molecule has 2 nitrogen and oxygen atoms in total. The Labute approximate surface area is 89.2 Å². The molecule has 1 aromatic carbocycles. The summed E-state index contributed by atoms with van der Waals surface area (Å²) in [5.74, 6) is -0.851. The minimum atomic E-state index is -0.668. The molecule has 1 atom stereocenters. The van der Waals surface area contributed by atoms with Crippen LogP contribution in [0, 0.1) is 5.92 Å². The van der Waals surface area contributed by atoms with Crippen LogP contribution in [0.3, 0.4) is 0 Å². The van der Waals surface area contributed by atoms with Gasteiger partial charge in [-0.2, -0.15) is 0 Å². The van der Waals surface area contributed by atoms with Gasteiger partial charge in [-0.05, 0) is 30.4 Å². The van der Waals surface area contributed by atoms with Gasteiger partial charge in [0.05, 0.1) is 5.92 Å². The average molecular weight is 202 g/mol. The van der Waals surface area contributed by atoms with Crippen molar-refractivity contribution in [1.29, 1.82) is 0 Å². The maximum Gasteiger partial charge on any atom is 0.306 e. The van der Waals surface area contributed by atoms with Crippen LogP contribution < -0.4 is 0 Å². The van der Waals surface area contributed by atoms with E-state index in [1.807, 2.05) is 18.2 Å². The van der Waals surface area contributed by atoms with E-state index in [4.69, 9.17) is 5.11 Å². The van der Waals surface area contributed by atoms with Crippen LogP contribution in [0.1, 0.15) is 24.8 Å². The number of hydrogen-bond acceptors (Lipinski definition) is 1. The molecule has 0 spiro atoms. The quantitative estimate of drug-likeness (QED) is 0.800. The van der Waals surface area contributed by atoms with Crippen molar-refractivity contribution >= 4 is 11.5 Å². The Morgan fingerprint density at radius 2 is 2.00 bits per heavy atom. The molecule has 0 fully saturated rings. The predicted octanol–water partition coefficient (Wildman–Crippen LogP) is 2.95. The molecule has 78 valence electrons. The lowest BCUT2D eigenvalue weighted by molar-refractivity contribution is -0.141. The van der Waals surface area contributed by atoms with E-state index >= 15 is 0 Å². The maximum absolute atomic E-state index is 10.8. The van der Waals surface area contributed by atoms with E-state index in [-0.39, 0.29) is 5.92 Å². The third-order valence-corrected chi connectivity index (χ3v) is 2.90. The van der Waals surface area contributed by atoms with Gasteiger partial charge in [0.15, 0.2) is 0 Å². The van der Waals surface area contributed by atoms with Gasteiger partial charge in [0.25, 0.3) is 0 Å². The van der Waals surface area contributed by atoms with Crippen LogP contribution in [0.4, 0.5) is 0 Å². The summed E-state index contributed by atoms with van der Waals surface area (Å²) in [6, 6.07) is 10.2. The first-order valence-electron chi connectivity index (χ1n) is 5.24. The van der Waals surface area contributed by atoms with Gasteiger partial charge >= 0.3 is 5.97 Å². The van der Waals surface area contributed by atoms with E-state index in [1.54, 1.807) is 0 Å². The summed E-state index contributed by atoms with van der Waals surface area (Å²) < 4.78 is 0. The monoisotopic (exact) mass is 202 g/mol. The first kappa shape index (κ1) is 9.97.